The molecule has 0 spiro atoms. The van der Waals surface area contributed by atoms with Gasteiger partial charge in [-0.2, -0.15) is 0 Å². The number of hydrogen-bond donors (Lipinski definition) is 1. The predicted octanol–water partition coefficient (Wildman–Crippen LogP) is 3.30. The second-order valence-electron chi connectivity index (χ2n) is 11.1. The van der Waals surface area contributed by atoms with E-state index in [0.29, 0.717) is 19.6 Å². The van der Waals surface area contributed by atoms with Gasteiger partial charge in [0.1, 0.15) is 21.0 Å². The van der Waals surface area contributed by atoms with Crippen LogP contribution in [0.2, 0.25) is 0 Å². The standard InChI is InChI=1S/C12H23NO4S.C11H21NO3/c1-12(2,3)17-11(14)13-7-5-6-10(8-13)9-18(4,15)16;1-11(2,3)15-10(14)12-6-4-5-9(7-12)8-13/h10H,5-9H2,1-4H3;9,13H,4-8H2,1-3H3/t10-;9-/m00/s1. The molecule has 2 amide bonds. The van der Waals surface area contributed by atoms with Gasteiger partial charge in [-0.3, -0.25) is 0 Å². The van der Waals surface area contributed by atoms with Crippen molar-refractivity contribution < 1.29 is 32.6 Å². The average molecular weight is 493 g/mol. The van der Waals surface area contributed by atoms with Crippen LogP contribution in [0.15, 0.2) is 0 Å². The van der Waals surface area contributed by atoms with Crippen molar-refractivity contribution in [3.63, 3.8) is 0 Å². The smallest absolute Gasteiger partial charge is 0.410 e. The summed E-state index contributed by atoms with van der Waals surface area (Å²) in [5.41, 5.74) is -0.954. The van der Waals surface area contributed by atoms with E-state index < -0.39 is 21.0 Å². The fraction of sp³-hybridized carbons (Fsp3) is 0.913. The third kappa shape index (κ3) is 13.1. The van der Waals surface area contributed by atoms with Gasteiger partial charge in [-0.1, -0.05) is 0 Å². The molecule has 2 atom stereocenters. The molecule has 1 N–H and O–H groups in total. The maximum Gasteiger partial charge on any atom is 0.410 e. The third-order valence-corrected chi connectivity index (χ3v) is 6.21. The molecule has 9 nitrogen and oxygen atoms in total. The van der Waals surface area contributed by atoms with Gasteiger partial charge in [-0.15, -0.1) is 0 Å². The molecule has 2 fully saturated rings. The monoisotopic (exact) mass is 492 g/mol. The van der Waals surface area contributed by atoms with E-state index in [1.54, 1.807) is 9.80 Å². The number of nitrogens with zero attached hydrogens (tertiary/aromatic N) is 2. The SMILES string of the molecule is CC(C)(C)OC(=O)N1CCC[C@H](CO)C1.CC(C)(C)OC(=O)N1CCC[C@H](CS(C)(=O)=O)C1. The number of likely N-dealkylation sites (tertiary alicyclic amines) is 2. The van der Waals surface area contributed by atoms with Gasteiger partial charge in [0.05, 0.1) is 5.75 Å². The van der Waals surface area contributed by atoms with Crippen molar-refractivity contribution in [3.05, 3.63) is 0 Å². The van der Waals surface area contributed by atoms with Gasteiger partial charge in [0.2, 0.25) is 0 Å². The molecule has 0 aromatic carbocycles. The van der Waals surface area contributed by atoms with Gasteiger partial charge < -0.3 is 24.4 Å². The normalized spacial score (nSPS) is 22.2. The largest absolute Gasteiger partial charge is 0.444 e. The van der Waals surface area contributed by atoms with Gasteiger partial charge in [0.25, 0.3) is 0 Å². The quantitative estimate of drug-likeness (QED) is 0.643. The molecule has 0 bridgehead atoms. The molecule has 33 heavy (non-hydrogen) atoms. The number of carbonyl (C=O) groups excluding carboxylic acids is 2. The van der Waals surface area contributed by atoms with Gasteiger partial charge in [-0.25, -0.2) is 18.0 Å². The van der Waals surface area contributed by atoms with Crippen LogP contribution in [0.25, 0.3) is 0 Å². The van der Waals surface area contributed by atoms with Gasteiger partial charge in [-0.05, 0) is 79.1 Å². The highest BCUT2D eigenvalue weighted by atomic mass is 32.2. The Kier molecular flexibility index (Phi) is 10.9. The molecule has 0 aromatic rings. The van der Waals surface area contributed by atoms with Crippen molar-refractivity contribution in [2.75, 3.05) is 44.8 Å². The van der Waals surface area contributed by atoms with Crippen LogP contribution in [0.1, 0.15) is 67.2 Å². The zero-order valence-electron chi connectivity index (χ0n) is 21.4. The number of aliphatic hydroxyl groups is 1. The van der Waals surface area contributed by atoms with E-state index in [0.717, 1.165) is 32.2 Å². The van der Waals surface area contributed by atoms with E-state index in [9.17, 15) is 18.0 Å². The fourth-order valence-electron chi connectivity index (χ4n) is 3.83. The van der Waals surface area contributed by atoms with E-state index in [-0.39, 0.29) is 36.4 Å². The Morgan fingerprint density at radius 1 is 0.848 bits per heavy atom. The van der Waals surface area contributed by atoms with Crippen LogP contribution in [0.4, 0.5) is 9.59 Å². The van der Waals surface area contributed by atoms with Gasteiger partial charge >= 0.3 is 12.2 Å². The summed E-state index contributed by atoms with van der Waals surface area (Å²) < 4.78 is 33.1. The molecule has 2 saturated heterocycles. The molecule has 0 unspecified atom stereocenters. The summed E-state index contributed by atoms with van der Waals surface area (Å²) in [6.07, 6.45) is 4.26. The van der Waals surface area contributed by atoms with E-state index in [2.05, 4.69) is 0 Å². The summed E-state index contributed by atoms with van der Waals surface area (Å²) in [6.45, 7) is 13.7. The minimum absolute atomic E-state index is 0.0290. The highest BCUT2D eigenvalue weighted by molar-refractivity contribution is 7.90. The predicted molar refractivity (Wildman–Crippen MR) is 128 cm³/mol. The van der Waals surface area contributed by atoms with Crippen molar-refractivity contribution in [2.24, 2.45) is 11.8 Å². The third-order valence-electron chi connectivity index (χ3n) is 5.14. The van der Waals surface area contributed by atoms with Gasteiger partial charge in [0.15, 0.2) is 0 Å². The average Bonchev–Trinajstić information content (AvgIpc) is 2.65. The molecule has 2 heterocycles. The maximum atomic E-state index is 11.9. The summed E-state index contributed by atoms with van der Waals surface area (Å²) in [7, 11) is -2.99. The van der Waals surface area contributed by atoms with E-state index in [1.807, 2.05) is 41.5 Å². The number of rotatable bonds is 3. The first-order valence-electron chi connectivity index (χ1n) is 11.7. The summed E-state index contributed by atoms with van der Waals surface area (Å²) in [6, 6.07) is 0. The molecular formula is C23H44N2O7S. The molecule has 10 heteroatoms. The molecule has 0 aliphatic carbocycles. The molecule has 194 valence electrons. The van der Waals surface area contributed by atoms with Crippen molar-refractivity contribution in [3.8, 4) is 0 Å². The Balaban J connectivity index is 0.000000335. The number of ether oxygens (including phenoxy) is 2. The first kappa shape index (κ1) is 29.5. The Morgan fingerprint density at radius 2 is 1.24 bits per heavy atom. The number of piperidine rings is 2. The van der Waals surface area contributed by atoms with Crippen LogP contribution in [0, 0.1) is 11.8 Å². The Hall–Kier alpha value is -1.55. The zero-order valence-corrected chi connectivity index (χ0v) is 22.2. The Labute approximate surface area is 199 Å². The van der Waals surface area contributed by atoms with Crippen molar-refractivity contribution in [1.82, 2.24) is 9.80 Å². The second kappa shape index (κ2) is 12.2. The molecule has 2 rings (SSSR count). The van der Waals surface area contributed by atoms with Gasteiger partial charge in [0, 0.05) is 39.0 Å². The molecule has 0 radical (unpaired) electrons. The zero-order chi connectivity index (χ0) is 25.4. The van der Waals surface area contributed by atoms with Crippen LogP contribution in [-0.4, -0.2) is 91.5 Å². The topological polar surface area (TPSA) is 113 Å². The number of aliphatic hydroxyl groups excluding tert-OH is 1. The minimum atomic E-state index is -2.99. The number of hydrogen-bond acceptors (Lipinski definition) is 7. The summed E-state index contributed by atoms with van der Waals surface area (Å²) in [5, 5.41) is 9.04. The molecule has 0 aromatic heterocycles. The van der Waals surface area contributed by atoms with E-state index >= 15 is 0 Å². The van der Waals surface area contributed by atoms with Crippen molar-refractivity contribution >= 4 is 22.0 Å². The fourth-order valence-corrected chi connectivity index (χ4v) is 4.96. The lowest BCUT2D eigenvalue weighted by Gasteiger charge is -2.33. The number of sulfone groups is 1. The van der Waals surface area contributed by atoms with Crippen LogP contribution in [-0.2, 0) is 19.3 Å². The Morgan fingerprint density at radius 3 is 1.61 bits per heavy atom. The van der Waals surface area contributed by atoms with Crippen LogP contribution >= 0.6 is 0 Å². The lowest BCUT2D eigenvalue weighted by molar-refractivity contribution is 0.0129. The summed E-state index contributed by atoms with van der Waals surface area (Å²) in [4.78, 5) is 26.9. The highest BCUT2D eigenvalue weighted by Gasteiger charge is 2.29. The minimum Gasteiger partial charge on any atom is -0.444 e. The summed E-state index contributed by atoms with van der Waals surface area (Å²) >= 11 is 0. The molecular weight excluding hydrogens is 448 g/mol. The van der Waals surface area contributed by atoms with Crippen LogP contribution < -0.4 is 0 Å². The molecule has 2 aliphatic heterocycles. The number of carbonyl (C=O) groups is 2. The first-order valence-corrected chi connectivity index (χ1v) is 13.8. The second-order valence-corrected chi connectivity index (χ2v) is 13.3. The highest BCUT2D eigenvalue weighted by Crippen LogP contribution is 2.21. The van der Waals surface area contributed by atoms with Crippen molar-refractivity contribution in [1.29, 1.82) is 0 Å². The van der Waals surface area contributed by atoms with Crippen LogP contribution in [0.3, 0.4) is 0 Å². The van der Waals surface area contributed by atoms with Crippen molar-refractivity contribution in [2.45, 2.75) is 78.4 Å². The van der Waals surface area contributed by atoms with E-state index in [4.69, 9.17) is 14.6 Å². The Bertz CT molecular complexity index is 741. The lowest BCUT2D eigenvalue weighted by atomic mass is 9.99. The molecule has 2 aliphatic rings. The van der Waals surface area contributed by atoms with E-state index in [1.165, 1.54) is 6.26 Å². The number of amides is 2. The maximum absolute atomic E-state index is 11.9. The molecule has 0 saturated carbocycles. The van der Waals surface area contributed by atoms with Crippen LogP contribution in [0.5, 0.6) is 0 Å². The first-order chi connectivity index (χ1) is 15.0. The summed E-state index contributed by atoms with van der Waals surface area (Å²) in [5.74, 6) is 0.388. The lowest BCUT2D eigenvalue weighted by Crippen LogP contribution is -2.44.